The molecular formula is C22H18ClFN2O4. The van der Waals surface area contributed by atoms with Gasteiger partial charge in [-0.15, -0.1) is 0 Å². The highest BCUT2D eigenvalue weighted by Crippen LogP contribution is 2.34. The van der Waals surface area contributed by atoms with Gasteiger partial charge in [-0.05, 0) is 44.0 Å². The minimum atomic E-state index is -0.837. The van der Waals surface area contributed by atoms with Gasteiger partial charge in [0.25, 0.3) is 5.91 Å². The maximum absolute atomic E-state index is 14.3. The van der Waals surface area contributed by atoms with Crippen LogP contribution in [0.2, 0.25) is 5.02 Å². The van der Waals surface area contributed by atoms with Crippen LogP contribution in [0.4, 0.5) is 10.1 Å². The number of amides is 1. The highest BCUT2D eigenvalue weighted by atomic mass is 35.5. The highest BCUT2D eigenvalue weighted by molar-refractivity contribution is 6.33. The molecular weight excluding hydrogens is 411 g/mol. The number of rotatable bonds is 4. The molecule has 0 bridgehead atoms. The summed E-state index contributed by atoms with van der Waals surface area (Å²) in [4.78, 5) is 27.1. The van der Waals surface area contributed by atoms with Crippen LogP contribution in [0.25, 0.3) is 11.3 Å². The van der Waals surface area contributed by atoms with E-state index in [0.717, 1.165) is 17.7 Å². The second-order valence-electron chi connectivity index (χ2n) is 7.08. The van der Waals surface area contributed by atoms with Gasteiger partial charge in [0.1, 0.15) is 22.8 Å². The smallest absolute Gasteiger partial charge is 0.344 e. The van der Waals surface area contributed by atoms with Crippen LogP contribution in [0.15, 0.2) is 47.0 Å². The van der Waals surface area contributed by atoms with Crippen molar-refractivity contribution in [3.8, 4) is 11.3 Å². The van der Waals surface area contributed by atoms with Crippen molar-refractivity contribution in [1.29, 1.82) is 0 Å². The Morgan fingerprint density at radius 3 is 2.80 bits per heavy atom. The Morgan fingerprint density at radius 1 is 1.27 bits per heavy atom. The van der Waals surface area contributed by atoms with Crippen molar-refractivity contribution < 1.29 is 23.2 Å². The van der Waals surface area contributed by atoms with Crippen molar-refractivity contribution in [1.82, 2.24) is 5.16 Å². The fourth-order valence-electron chi connectivity index (χ4n) is 3.72. The Hall–Kier alpha value is -3.19. The normalized spacial score (nSPS) is 15.2. The van der Waals surface area contributed by atoms with E-state index in [0.29, 0.717) is 0 Å². The number of benzene rings is 2. The fraction of sp³-hybridized carbons (Fsp3) is 0.227. The summed E-state index contributed by atoms with van der Waals surface area (Å²) in [5, 5.41) is 3.86. The Kier molecular flexibility index (Phi) is 5.30. The van der Waals surface area contributed by atoms with Gasteiger partial charge < -0.3 is 14.2 Å². The monoisotopic (exact) mass is 428 g/mol. The van der Waals surface area contributed by atoms with Gasteiger partial charge in [-0.2, -0.15) is 0 Å². The molecule has 0 fully saturated rings. The van der Waals surface area contributed by atoms with E-state index in [-0.39, 0.29) is 39.6 Å². The average molecular weight is 429 g/mol. The van der Waals surface area contributed by atoms with E-state index >= 15 is 0 Å². The zero-order valence-corrected chi connectivity index (χ0v) is 17.1. The zero-order valence-electron chi connectivity index (χ0n) is 16.3. The number of ether oxygens (including phenoxy) is 1. The number of fused-ring (bicyclic) bond motifs is 1. The third-order valence-electron chi connectivity index (χ3n) is 5.07. The number of nitrogens with zero attached hydrogens (tertiary/aromatic N) is 2. The molecule has 6 nitrogen and oxygen atoms in total. The molecule has 30 heavy (non-hydrogen) atoms. The van der Waals surface area contributed by atoms with Gasteiger partial charge in [0.15, 0.2) is 6.61 Å². The van der Waals surface area contributed by atoms with Crippen molar-refractivity contribution >= 4 is 29.2 Å². The number of aryl methyl sites for hydroxylation is 1. The van der Waals surface area contributed by atoms with E-state index in [1.54, 1.807) is 4.90 Å². The molecule has 0 unspecified atom stereocenters. The Bertz CT molecular complexity index is 1120. The Morgan fingerprint density at radius 2 is 2.03 bits per heavy atom. The number of halogens is 2. The summed E-state index contributed by atoms with van der Waals surface area (Å²) in [7, 11) is 0. The quantitative estimate of drug-likeness (QED) is 0.569. The van der Waals surface area contributed by atoms with Gasteiger partial charge >= 0.3 is 5.97 Å². The largest absolute Gasteiger partial charge is 0.452 e. The van der Waals surface area contributed by atoms with E-state index in [1.165, 1.54) is 25.1 Å². The van der Waals surface area contributed by atoms with E-state index in [2.05, 4.69) is 5.16 Å². The third-order valence-corrected chi connectivity index (χ3v) is 5.38. The van der Waals surface area contributed by atoms with Crippen molar-refractivity contribution in [2.24, 2.45) is 0 Å². The minimum Gasteiger partial charge on any atom is -0.452 e. The van der Waals surface area contributed by atoms with Gasteiger partial charge in [0, 0.05) is 11.7 Å². The van der Waals surface area contributed by atoms with Gasteiger partial charge in [-0.25, -0.2) is 9.18 Å². The molecule has 0 spiro atoms. The fourth-order valence-corrected chi connectivity index (χ4v) is 3.97. The van der Waals surface area contributed by atoms with Gasteiger partial charge in [0.05, 0.1) is 10.6 Å². The molecule has 1 aliphatic heterocycles. The summed E-state index contributed by atoms with van der Waals surface area (Å²) in [6.45, 7) is 2.97. The van der Waals surface area contributed by atoms with E-state index < -0.39 is 18.4 Å². The first-order valence-corrected chi connectivity index (χ1v) is 9.74. The molecule has 8 heteroatoms. The summed E-state index contributed by atoms with van der Waals surface area (Å²) in [5.41, 5.74) is 1.69. The molecule has 0 radical (unpaired) electrons. The Labute approximate surface area is 177 Å². The van der Waals surface area contributed by atoms with Crippen LogP contribution in [0.5, 0.6) is 0 Å². The number of aromatic nitrogens is 1. The minimum absolute atomic E-state index is 0.0429. The van der Waals surface area contributed by atoms with Crippen LogP contribution in [-0.4, -0.2) is 29.7 Å². The highest BCUT2D eigenvalue weighted by Gasteiger charge is 2.32. The number of hydrogen-bond acceptors (Lipinski definition) is 5. The van der Waals surface area contributed by atoms with Crippen molar-refractivity contribution in [3.63, 3.8) is 0 Å². The lowest BCUT2D eigenvalue weighted by atomic mass is 10.1. The van der Waals surface area contributed by atoms with Crippen LogP contribution >= 0.6 is 11.6 Å². The number of carbonyl (C=O) groups excluding carboxylic acids is 2. The van der Waals surface area contributed by atoms with Crippen molar-refractivity contribution in [2.45, 2.75) is 26.3 Å². The molecule has 2 heterocycles. The molecule has 4 rings (SSSR count). The lowest BCUT2D eigenvalue weighted by molar-refractivity contribution is -0.122. The first kappa shape index (κ1) is 20.1. The zero-order chi connectivity index (χ0) is 21.4. The number of carbonyl (C=O) groups is 2. The van der Waals surface area contributed by atoms with Crippen LogP contribution in [-0.2, 0) is 16.0 Å². The molecule has 0 saturated carbocycles. The number of hydrogen-bond donors (Lipinski definition) is 0. The molecule has 1 aromatic heterocycles. The summed E-state index contributed by atoms with van der Waals surface area (Å²) < 4.78 is 24.6. The third kappa shape index (κ3) is 3.45. The molecule has 0 saturated heterocycles. The predicted molar refractivity (Wildman–Crippen MR) is 109 cm³/mol. The summed E-state index contributed by atoms with van der Waals surface area (Å²) in [6.07, 6.45) is 0.733. The first-order valence-electron chi connectivity index (χ1n) is 9.36. The van der Waals surface area contributed by atoms with Crippen LogP contribution < -0.4 is 4.90 Å². The van der Waals surface area contributed by atoms with Crippen molar-refractivity contribution in [3.05, 3.63) is 70.2 Å². The standard InChI is InChI=1S/C22H18ClFN2O4/c1-12-10-14-6-3-4-9-17(14)26(12)18(27)11-29-22(28)19-13(2)30-25-21(19)20-15(23)7-5-8-16(20)24/h3-9,12H,10-11H2,1-2H3/t12-/m0/s1. The lowest BCUT2D eigenvalue weighted by Crippen LogP contribution is -2.38. The van der Waals surface area contributed by atoms with Crippen molar-refractivity contribution in [2.75, 3.05) is 11.5 Å². The Balaban J connectivity index is 1.55. The summed E-state index contributed by atoms with van der Waals surface area (Å²) in [6, 6.07) is 11.7. The molecule has 0 N–H and O–H groups in total. The molecule has 1 aliphatic rings. The first-order chi connectivity index (χ1) is 14.4. The molecule has 2 aromatic carbocycles. The van der Waals surface area contributed by atoms with Gasteiger partial charge in [-0.3, -0.25) is 4.79 Å². The number of esters is 1. The maximum Gasteiger partial charge on any atom is 0.344 e. The molecule has 3 aromatic rings. The second-order valence-corrected chi connectivity index (χ2v) is 7.49. The van der Waals surface area contributed by atoms with Gasteiger partial charge in [0.2, 0.25) is 0 Å². The summed E-state index contributed by atoms with van der Waals surface area (Å²) in [5.74, 6) is -1.69. The van der Waals surface area contributed by atoms with Crippen LogP contribution in [0.1, 0.15) is 28.6 Å². The van der Waals surface area contributed by atoms with Crippen LogP contribution in [0, 0.1) is 12.7 Å². The summed E-state index contributed by atoms with van der Waals surface area (Å²) >= 11 is 6.09. The SMILES string of the molecule is Cc1onc(-c2c(F)cccc2Cl)c1C(=O)OCC(=O)N1c2ccccc2C[C@@H]1C. The molecule has 154 valence electrons. The van der Waals surface area contributed by atoms with E-state index in [1.807, 2.05) is 31.2 Å². The second kappa shape index (κ2) is 7.91. The maximum atomic E-state index is 14.3. The average Bonchev–Trinajstić information content (AvgIpc) is 3.25. The van der Waals surface area contributed by atoms with Gasteiger partial charge in [-0.1, -0.05) is 41.0 Å². The molecule has 1 atom stereocenters. The predicted octanol–water partition coefficient (Wildman–Crippen LogP) is 4.58. The number of para-hydroxylation sites is 1. The lowest BCUT2D eigenvalue weighted by Gasteiger charge is -2.22. The molecule has 1 amide bonds. The van der Waals surface area contributed by atoms with E-state index in [9.17, 15) is 14.0 Å². The number of anilines is 1. The van der Waals surface area contributed by atoms with Crippen LogP contribution in [0.3, 0.4) is 0 Å². The van der Waals surface area contributed by atoms with E-state index in [4.69, 9.17) is 20.9 Å². The topological polar surface area (TPSA) is 72.6 Å². The molecule has 0 aliphatic carbocycles.